The summed E-state index contributed by atoms with van der Waals surface area (Å²) in [6, 6.07) is 9.88. The van der Waals surface area contributed by atoms with E-state index in [1.807, 2.05) is 43.3 Å². The first-order valence-corrected chi connectivity index (χ1v) is 5.82. The minimum Gasteiger partial charge on any atom is -0.478 e. The van der Waals surface area contributed by atoms with E-state index < -0.39 is 11.6 Å². The molecule has 1 aliphatic carbocycles. The largest absolute Gasteiger partial charge is 0.478 e. The second-order valence-corrected chi connectivity index (χ2v) is 4.56. The number of benzene rings is 1. The Morgan fingerprint density at radius 2 is 1.94 bits per heavy atom. The Morgan fingerprint density at radius 1 is 1.28 bits per heavy atom. The molecule has 3 nitrogen and oxygen atoms in total. The van der Waals surface area contributed by atoms with Gasteiger partial charge in [0.05, 0.1) is 5.60 Å². The van der Waals surface area contributed by atoms with E-state index in [4.69, 9.17) is 9.84 Å². The van der Waals surface area contributed by atoms with Crippen molar-refractivity contribution in [3.8, 4) is 0 Å². The first-order chi connectivity index (χ1) is 8.57. The van der Waals surface area contributed by atoms with Gasteiger partial charge in [0.15, 0.2) is 0 Å². The normalized spacial score (nSPS) is 23.2. The van der Waals surface area contributed by atoms with Crippen LogP contribution in [0, 0.1) is 0 Å². The molecule has 0 bridgehead atoms. The van der Waals surface area contributed by atoms with Gasteiger partial charge < -0.3 is 9.84 Å². The second kappa shape index (κ2) is 4.78. The van der Waals surface area contributed by atoms with Gasteiger partial charge in [0.1, 0.15) is 0 Å². The van der Waals surface area contributed by atoms with E-state index in [0.29, 0.717) is 12.0 Å². The summed E-state index contributed by atoms with van der Waals surface area (Å²) >= 11 is 0. The van der Waals surface area contributed by atoms with Gasteiger partial charge in [-0.2, -0.15) is 0 Å². The van der Waals surface area contributed by atoms with Gasteiger partial charge in [0, 0.05) is 19.1 Å². The molecule has 3 heteroatoms. The highest BCUT2D eigenvalue weighted by atomic mass is 16.5. The van der Waals surface area contributed by atoms with Crippen LogP contribution in [0.15, 0.2) is 48.1 Å². The van der Waals surface area contributed by atoms with Gasteiger partial charge >= 0.3 is 5.97 Å². The van der Waals surface area contributed by atoms with Crippen LogP contribution in [0.5, 0.6) is 0 Å². The Labute approximate surface area is 106 Å². The SMILES string of the molecule is COC1(C)CC(C(=O)O)=CC=C1c1ccccc1. The van der Waals surface area contributed by atoms with Crippen LogP contribution in [0.1, 0.15) is 18.9 Å². The van der Waals surface area contributed by atoms with E-state index in [0.717, 1.165) is 11.1 Å². The summed E-state index contributed by atoms with van der Waals surface area (Å²) in [4.78, 5) is 11.0. The minimum absolute atomic E-state index is 0.374. The predicted molar refractivity (Wildman–Crippen MR) is 70.2 cm³/mol. The zero-order valence-electron chi connectivity index (χ0n) is 10.5. The Morgan fingerprint density at radius 3 is 2.50 bits per heavy atom. The Kier molecular flexibility index (Phi) is 3.34. The van der Waals surface area contributed by atoms with Gasteiger partial charge in [0.2, 0.25) is 0 Å². The third-order valence-corrected chi connectivity index (χ3v) is 3.36. The Balaban J connectivity index is 2.47. The molecule has 1 unspecified atom stereocenters. The van der Waals surface area contributed by atoms with Crippen molar-refractivity contribution in [2.45, 2.75) is 18.9 Å². The summed E-state index contributed by atoms with van der Waals surface area (Å²) in [7, 11) is 1.61. The summed E-state index contributed by atoms with van der Waals surface area (Å²) < 4.78 is 5.55. The van der Waals surface area contributed by atoms with Crippen molar-refractivity contribution >= 4 is 11.5 Å². The quantitative estimate of drug-likeness (QED) is 0.889. The van der Waals surface area contributed by atoms with Crippen LogP contribution < -0.4 is 0 Å². The third kappa shape index (κ3) is 2.22. The molecule has 0 saturated carbocycles. The summed E-state index contributed by atoms with van der Waals surface area (Å²) in [6.07, 6.45) is 3.87. The number of hydrogen-bond acceptors (Lipinski definition) is 2. The van der Waals surface area contributed by atoms with Crippen molar-refractivity contribution in [3.63, 3.8) is 0 Å². The molecule has 0 spiro atoms. The fraction of sp³-hybridized carbons (Fsp3) is 0.267. The summed E-state index contributed by atoms with van der Waals surface area (Å²) in [5.41, 5.74) is 1.85. The van der Waals surface area contributed by atoms with Gasteiger partial charge in [-0.05, 0) is 18.1 Å². The average molecular weight is 244 g/mol. The Bertz CT molecular complexity index is 514. The molecule has 0 heterocycles. The number of ether oxygens (including phenoxy) is 1. The van der Waals surface area contributed by atoms with Gasteiger partial charge in [-0.1, -0.05) is 42.5 Å². The van der Waals surface area contributed by atoms with Crippen molar-refractivity contribution in [1.82, 2.24) is 0 Å². The predicted octanol–water partition coefficient (Wildman–Crippen LogP) is 2.89. The Hall–Kier alpha value is -1.87. The maximum Gasteiger partial charge on any atom is 0.331 e. The lowest BCUT2D eigenvalue weighted by molar-refractivity contribution is -0.133. The highest BCUT2D eigenvalue weighted by molar-refractivity contribution is 5.90. The molecule has 1 atom stereocenters. The molecule has 0 radical (unpaired) electrons. The molecule has 0 amide bonds. The molecule has 18 heavy (non-hydrogen) atoms. The number of carboxylic acid groups (broad SMARTS) is 1. The number of methoxy groups -OCH3 is 1. The van der Waals surface area contributed by atoms with Crippen molar-refractivity contribution < 1.29 is 14.6 Å². The van der Waals surface area contributed by atoms with Crippen molar-refractivity contribution in [2.24, 2.45) is 0 Å². The topological polar surface area (TPSA) is 46.5 Å². The molecule has 0 aliphatic heterocycles. The number of carbonyl (C=O) groups is 1. The smallest absolute Gasteiger partial charge is 0.331 e. The molecule has 1 aromatic carbocycles. The van der Waals surface area contributed by atoms with E-state index in [9.17, 15) is 4.79 Å². The summed E-state index contributed by atoms with van der Waals surface area (Å²) in [6.45, 7) is 1.92. The van der Waals surface area contributed by atoms with E-state index in [2.05, 4.69) is 0 Å². The third-order valence-electron chi connectivity index (χ3n) is 3.36. The number of rotatable bonds is 3. The molecule has 0 aromatic heterocycles. The number of aliphatic carboxylic acids is 1. The van der Waals surface area contributed by atoms with Gasteiger partial charge in [-0.15, -0.1) is 0 Å². The van der Waals surface area contributed by atoms with Crippen LogP contribution in [0.2, 0.25) is 0 Å². The van der Waals surface area contributed by atoms with E-state index in [-0.39, 0.29) is 0 Å². The monoisotopic (exact) mass is 244 g/mol. The molecule has 0 saturated heterocycles. The van der Waals surface area contributed by atoms with Crippen molar-refractivity contribution in [2.75, 3.05) is 7.11 Å². The number of carboxylic acids is 1. The summed E-state index contributed by atoms with van der Waals surface area (Å²) in [5.74, 6) is -0.887. The van der Waals surface area contributed by atoms with Gasteiger partial charge in [-0.3, -0.25) is 0 Å². The zero-order chi connectivity index (χ0) is 13.2. The minimum atomic E-state index is -0.887. The lowest BCUT2D eigenvalue weighted by atomic mass is 9.80. The van der Waals surface area contributed by atoms with Crippen molar-refractivity contribution in [3.05, 3.63) is 53.6 Å². The fourth-order valence-corrected chi connectivity index (χ4v) is 2.23. The molecular weight excluding hydrogens is 228 g/mol. The standard InChI is InChI=1S/C15H16O3/c1-15(18-2)10-12(14(16)17)8-9-13(15)11-6-4-3-5-7-11/h3-9H,10H2,1-2H3,(H,16,17). The lowest BCUT2D eigenvalue weighted by Gasteiger charge is -2.33. The first kappa shape index (κ1) is 12.6. The molecular formula is C15H16O3. The molecule has 1 aliphatic rings. The molecule has 2 rings (SSSR count). The lowest BCUT2D eigenvalue weighted by Crippen LogP contribution is -2.32. The van der Waals surface area contributed by atoms with Crippen LogP contribution >= 0.6 is 0 Å². The number of hydrogen-bond donors (Lipinski definition) is 1. The fourth-order valence-electron chi connectivity index (χ4n) is 2.23. The molecule has 1 aromatic rings. The second-order valence-electron chi connectivity index (χ2n) is 4.56. The summed E-state index contributed by atoms with van der Waals surface area (Å²) in [5, 5.41) is 9.07. The highest BCUT2D eigenvalue weighted by Crippen LogP contribution is 2.38. The highest BCUT2D eigenvalue weighted by Gasteiger charge is 2.34. The van der Waals surface area contributed by atoms with Crippen LogP contribution in [0.4, 0.5) is 0 Å². The molecule has 1 N–H and O–H groups in total. The van der Waals surface area contributed by atoms with Gasteiger partial charge in [0.25, 0.3) is 0 Å². The maximum atomic E-state index is 11.0. The van der Waals surface area contributed by atoms with E-state index in [1.54, 1.807) is 13.2 Å². The average Bonchev–Trinajstić information content (AvgIpc) is 2.39. The molecule has 0 fully saturated rings. The van der Waals surface area contributed by atoms with Crippen LogP contribution in [-0.2, 0) is 9.53 Å². The van der Waals surface area contributed by atoms with E-state index >= 15 is 0 Å². The van der Waals surface area contributed by atoms with E-state index in [1.165, 1.54) is 0 Å². The first-order valence-electron chi connectivity index (χ1n) is 5.82. The number of allylic oxidation sites excluding steroid dienone is 2. The zero-order valence-corrected chi connectivity index (χ0v) is 10.5. The van der Waals surface area contributed by atoms with Crippen molar-refractivity contribution in [1.29, 1.82) is 0 Å². The van der Waals surface area contributed by atoms with Crippen LogP contribution in [0.3, 0.4) is 0 Å². The van der Waals surface area contributed by atoms with Crippen LogP contribution in [-0.4, -0.2) is 23.8 Å². The maximum absolute atomic E-state index is 11.0. The molecule has 94 valence electrons. The van der Waals surface area contributed by atoms with Gasteiger partial charge in [-0.25, -0.2) is 4.79 Å². The van der Waals surface area contributed by atoms with Crippen LogP contribution in [0.25, 0.3) is 5.57 Å².